The first-order valence-corrected chi connectivity index (χ1v) is 9.00. The van der Waals surface area contributed by atoms with Crippen LogP contribution < -0.4 is 0 Å². The zero-order valence-electron chi connectivity index (χ0n) is 13.7. The molecule has 1 unspecified atom stereocenters. The lowest BCUT2D eigenvalue weighted by atomic mass is 10.1. The summed E-state index contributed by atoms with van der Waals surface area (Å²) in [6.45, 7) is 3.00. The number of thioether (sulfide) groups is 1. The summed E-state index contributed by atoms with van der Waals surface area (Å²) in [4.78, 5) is 5.23. The van der Waals surface area contributed by atoms with Crippen LogP contribution >= 0.6 is 11.8 Å². The van der Waals surface area contributed by atoms with Crippen LogP contribution in [0.2, 0.25) is 0 Å². The molecule has 2 aromatic carbocycles. The Labute approximate surface area is 146 Å². The van der Waals surface area contributed by atoms with E-state index in [-0.39, 0.29) is 5.82 Å². The molecule has 3 aromatic rings. The maximum Gasteiger partial charge on any atom is 0.123 e. The quantitative estimate of drug-likeness (QED) is 0.555. The molecule has 0 saturated heterocycles. The number of nitrogens with zero attached hydrogens (tertiary/aromatic N) is 2. The molecule has 0 aliphatic rings. The predicted octanol–water partition coefficient (Wildman–Crippen LogP) is 5.12. The largest absolute Gasteiger partial charge is 0.336 e. The molecule has 4 heteroatoms. The molecular weight excluding hydrogens is 319 g/mol. The maximum absolute atomic E-state index is 13.1. The number of aryl methyl sites for hydroxylation is 2. The highest BCUT2D eigenvalue weighted by Crippen LogP contribution is 2.28. The van der Waals surface area contributed by atoms with Gasteiger partial charge in [-0.25, -0.2) is 9.37 Å². The lowest BCUT2D eigenvalue weighted by Gasteiger charge is -2.17. The van der Waals surface area contributed by atoms with Crippen LogP contribution in [0.4, 0.5) is 4.39 Å². The summed E-state index contributed by atoms with van der Waals surface area (Å²) in [5, 5.41) is 0.408. The van der Waals surface area contributed by atoms with Crippen LogP contribution in [0.25, 0.3) is 0 Å². The van der Waals surface area contributed by atoms with Gasteiger partial charge in [0.05, 0.1) is 6.33 Å². The molecule has 0 radical (unpaired) electrons. The van der Waals surface area contributed by atoms with Crippen molar-refractivity contribution in [3.63, 3.8) is 0 Å². The fourth-order valence-corrected chi connectivity index (χ4v) is 3.77. The van der Waals surface area contributed by atoms with Gasteiger partial charge in [0, 0.05) is 29.1 Å². The molecule has 0 saturated carbocycles. The third-order valence-electron chi connectivity index (χ3n) is 3.97. The van der Waals surface area contributed by atoms with Crippen LogP contribution in [0.1, 0.15) is 17.5 Å². The maximum atomic E-state index is 13.1. The minimum atomic E-state index is -0.190. The smallest absolute Gasteiger partial charge is 0.123 e. The molecule has 24 heavy (non-hydrogen) atoms. The first kappa shape index (κ1) is 16.8. The Morgan fingerprint density at radius 1 is 1.08 bits per heavy atom. The molecule has 1 heterocycles. The highest BCUT2D eigenvalue weighted by Gasteiger charge is 2.12. The number of halogens is 1. The van der Waals surface area contributed by atoms with E-state index in [1.165, 1.54) is 23.3 Å². The molecule has 0 spiro atoms. The van der Waals surface area contributed by atoms with E-state index >= 15 is 0 Å². The summed E-state index contributed by atoms with van der Waals surface area (Å²) >= 11 is 1.80. The van der Waals surface area contributed by atoms with E-state index in [0.29, 0.717) is 5.25 Å². The third kappa shape index (κ3) is 4.96. The number of hydrogen-bond acceptors (Lipinski definition) is 2. The van der Waals surface area contributed by atoms with Crippen LogP contribution in [0.15, 0.2) is 72.1 Å². The minimum absolute atomic E-state index is 0.190. The summed E-state index contributed by atoms with van der Waals surface area (Å²) in [6.07, 6.45) is 7.74. The molecule has 0 amide bonds. The Balaban J connectivity index is 1.66. The van der Waals surface area contributed by atoms with Crippen molar-refractivity contribution in [1.29, 1.82) is 0 Å². The van der Waals surface area contributed by atoms with E-state index in [2.05, 4.69) is 40.7 Å². The zero-order chi connectivity index (χ0) is 16.8. The van der Waals surface area contributed by atoms with Crippen LogP contribution in [0.5, 0.6) is 0 Å². The van der Waals surface area contributed by atoms with Crippen molar-refractivity contribution in [3.8, 4) is 0 Å². The number of benzene rings is 2. The number of imidazole rings is 1. The summed E-state index contributed by atoms with van der Waals surface area (Å²) in [6, 6.07) is 15.5. The van der Waals surface area contributed by atoms with E-state index in [1.807, 2.05) is 24.7 Å². The lowest BCUT2D eigenvalue weighted by Crippen LogP contribution is -2.13. The van der Waals surface area contributed by atoms with Crippen molar-refractivity contribution in [1.82, 2.24) is 9.55 Å². The van der Waals surface area contributed by atoms with Crippen molar-refractivity contribution < 1.29 is 4.39 Å². The van der Waals surface area contributed by atoms with Gasteiger partial charge < -0.3 is 4.57 Å². The van der Waals surface area contributed by atoms with Crippen molar-refractivity contribution in [2.24, 2.45) is 0 Å². The van der Waals surface area contributed by atoms with Crippen LogP contribution in [0.3, 0.4) is 0 Å². The van der Waals surface area contributed by atoms with Crippen molar-refractivity contribution in [2.45, 2.75) is 36.5 Å². The summed E-state index contributed by atoms with van der Waals surface area (Å²) in [5.74, 6) is -0.190. The van der Waals surface area contributed by atoms with Gasteiger partial charge in [0.2, 0.25) is 0 Å². The SMILES string of the molecule is Cc1ccc(CCC(Cn2ccnc2)Sc2ccc(F)cc2)cc1. The first-order chi connectivity index (χ1) is 11.7. The van der Waals surface area contributed by atoms with E-state index in [0.717, 1.165) is 24.3 Å². The predicted molar refractivity (Wildman–Crippen MR) is 97.8 cm³/mol. The van der Waals surface area contributed by atoms with Gasteiger partial charge in [-0.05, 0) is 49.6 Å². The van der Waals surface area contributed by atoms with Gasteiger partial charge in [-0.2, -0.15) is 0 Å². The Hall–Kier alpha value is -2.07. The molecule has 0 aliphatic carbocycles. The number of rotatable bonds is 7. The van der Waals surface area contributed by atoms with E-state index < -0.39 is 0 Å². The Kier molecular flexibility index (Phi) is 5.70. The van der Waals surface area contributed by atoms with Gasteiger partial charge in [-0.3, -0.25) is 0 Å². The number of aromatic nitrogens is 2. The fraction of sp³-hybridized carbons (Fsp3) is 0.250. The third-order valence-corrected chi connectivity index (χ3v) is 5.23. The van der Waals surface area contributed by atoms with E-state index in [1.54, 1.807) is 18.0 Å². The highest BCUT2D eigenvalue weighted by molar-refractivity contribution is 8.00. The molecule has 2 nitrogen and oxygen atoms in total. The summed E-state index contributed by atoms with van der Waals surface area (Å²) < 4.78 is 15.2. The van der Waals surface area contributed by atoms with Crippen LogP contribution in [0, 0.1) is 12.7 Å². The molecular formula is C20H21FN2S. The Morgan fingerprint density at radius 3 is 2.50 bits per heavy atom. The summed E-state index contributed by atoms with van der Waals surface area (Å²) in [7, 11) is 0. The second kappa shape index (κ2) is 8.15. The van der Waals surface area contributed by atoms with Crippen molar-refractivity contribution in [2.75, 3.05) is 0 Å². The molecule has 0 bridgehead atoms. The number of hydrogen-bond donors (Lipinski definition) is 0. The second-order valence-corrected chi connectivity index (χ2v) is 7.35. The standard InChI is InChI=1S/C20H21FN2S/c1-16-2-4-17(5-3-16)6-9-20(14-23-13-12-22-15-23)24-19-10-7-18(21)8-11-19/h2-5,7-8,10-13,15,20H,6,9,14H2,1H3. The average molecular weight is 340 g/mol. The lowest BCUT2D eigenvalue weighted by molar-refractivity contribution is 0.622. The molecule has 1 aromatic heterocycles. The van der Waals surface area contributed by atoms with Gasteiger partial charge in [0.1, 0.15) is 5.82 Å². The molecule has 1 atom stereocenters. The Bertz CT molecular complexity index is 736. The summed E-state index contributed by atoms with van der Waals surface area (Å²) in [5.41, 5.74) is 2.64. The van der Waals surface area contributed by atoms with Gasteiger partial charge in [0.15, 0.2) is 0 Å². The molecule has 0 fully saturated rings. The highest BCUT2D eigenvalue weighted by atomic mass is 32.2. The molecule has 0 N–H and O–H groups in total. The van der Waals surface area contributed by atoms with Gasteiger partial charge in [0.25, 0.3) is 0 Å². The normalized spacial score (nSPS) is 12.2. The van der Waals surface area contributed by atoms with Crippen molar-refractivity contribution in [3.05, 3.63) is 84.2 Å². The van der Waals surface area contributed by atoms with Gasteiger partial charge >= 0.3 is 0 Å². The van der Waals surface area contributed by atoms with E-state index in [9.17, 15) is 4.39 Å². The molecule has 3 rings (SSSR count). The van der Waals surface area contributed by atoms with Crippen molar-refractivity contribution >= 4 is 11.8 Å². The van der Waals surface area contributed by atoms with Crippen LogP contribution in [-0.2, 0) is 13.0 Å². The molecule has 124 valence electrons. The minimum Gasteiger partial charge on any atom is -0.336 e. The van der Waals surface area contributed by atoms with Crippen LogP contribution in [-0.4, -0.2) is 14.8 Å². The monoisotopic (exact) mass is 340 g/mol. The first-order valence-electron chi connectivity index (χ1n) is 8.12. The zero-order valence-corrected chi connectivity index (χ0v) is 14.5. The van der Waals surface area contributed by atoms with E-state index in [4.69, 9.17) is 0 Å². The van der Waals surface area contributed by atoms with Gasteiger partial charge in [-0.1, -0.05) is 29.8 Å². The molecule has 0 aliphatic heterocycles. The second-order valence-electron chi connectivity index (χ2n) is 5.98. The Morgan fingerprint density at radius 2 is 1.83 bits per heavy atom. The topological polar surface area (TPSA) is 17.8 Å². The van der Waals surface area contributed by atoms with Gasteiger partial charge in [-0.15, -0.1) is 11.8 Å². The fourth-order valence-electron chi connectivity index (χ4n) is 2.61. The average Bonchev–Trinajstić information content (AvgIpc) is 3.09.